The van der Waals surface area contributed by atoms with Crippen LogP contribution in [0.3, 0.4) is 0 Å². The molecule has 5 heteroatoms. The summed E-state index contributed by atoms with van der Waals surface area (Å²) in [7, 11) is 0. The van der Waals surface area contributed by atoms with Gasteiger partial charge in [0.25, 0.3) is 0 Å². The van der Waals surface area contributed by atoms with Crippen molar-refractivity contribution in [2.75, 3.05) is 5.32 Å². The lowest BCUT2D eigenvalue weighted by atomic mass is 10.1. The lowest BCUT2D eigenvalue weighted by molar-refractivity contribution is -0.117. The van der Waals surface area contributed by atoms with Crippen LogP contribution in [0.5, 0.6) is 0 Å². The van der Waals surface area contributed by atoms with Crippen LogP contribution in [0.2, 0.25) is 0 Å². The summed E-state index contributed by atoms with van der Waals surface area (Å²) >= 11 is 0. The molecule has 0 bridgehead atoms. The molecule has 0 saturated heterocycles. The molecule has 0 unspecified atom stereocenters. The molecule has 0 saturated carbocycles. The highest BCUT2D eigenvalue weighted by Gasteiger charge is 2.13. The van der Waals surface area contributed by atoms with Gasteiger partial charge in [0.2, 0.25) is 5.91 Å². The standard InChI is InChI=1S/C12H14FN3O/c1-2-3-11(15)12(17)16-9-4-5-10(13)8(6-9)7-14/h4-6,11H,2-3,15H2,1H3,(H,16,17)/t11-/m1/s1. The first-order valence-corrected chi connectivity index (χ1v) is 5.34. The Morgan fingerprint density at radius 2 is 2.35 bits per heavy atom. The van der Waals surface area contributed by atoms with Gasteiger partial charge in [0.05, 0.1) is 11.6 Å². The van der Waals surface area contributed by atoms with Crippen molar-refractivity contribution < 1.29 is 9.18 Å². The van der Waals surface area contributed by atoms with Crippen molar-refractivity contribution in [3.05, 3.63) is 29.6 Å². The minimum atomic E-state index is -0.608. The Kier molecular flexibility index (Phi) is 4.61. The van der Waals surface area contributed by atoms with Crippen molar-refractivity contribution in [2.24, 2.45) is 5.73 Å². The molecule has 3 N–H and O–H groups in total. The molecule has 1 aromatic carbocycles. The minimum Gasteiger partial charge on any atom is -0.325 e. The van der Waals surface area contributed by atoms with Crippen LogP contribution in [0, 0.1) is 17.1 Å². The number of hydrogen-bond acceptors (Lipinski definition) is 3. The second-order valence-electron chi connectivity index (χ2n) is 3.69. The number of nitrogens with two attached hydrogens (primary N) is 1. The van der Waals surface area contributed by atoms with Crippen LogP contribution in [0.4, 0.5) is 10.1 Å². The maximum Gasteiger partial charge on any atom is 0.241 e. The molecule has 4 nitrogen and oxygen atoms in total. The molecule has 1 rings (SSSR count). The normalized spacial score (nSPS) is 11.6. The number of carbonyl (C=O) groups is 1. The van der Waals surface area contributed by atoms with Gasteiger partial charge >= 0.3 is 0 Å². The van der Waals surface area contributed by atoms with Gasteiger partial charge in [0, 0.05) is 5.69 Å². The quantitative estimate of drug-likeness (QED) is 0.834. The number of nitrogens with zero attached hydrogens (tertiary/aromatic N) is 1. The van der Waals surface area contributed by atoms with E-state index in [1.54, 1.807) is 6.07 Å². The Labute approximate surface area is 99.2 Å². The summed E-state index contributed by atoms with van der Waals surface area (Å²) < 4.78 is 13.0. The average Bonchev–Trinajstić information content (AvgIpc) is 2.31. The maximum absolute atomic E-state index is 13.0. The van der Waals surface area contributed by atoms with Gasteiger partial charge in [-0.15, -0.1) is 0 Å². The summed E-state index contributed by atoms with van der Waals surface area (Å²) in [5.41, 5.74) is 5.89. The summed E-state index contributed by atoms with van der Waals surface area (Å²) in [5, 5.41) is 11.2. The van der Waals surface area contributed by atoms with E-state index in [1.807, 2.05) is 6.92 Å². The number of carbonyl (C=O) groups excluding carboxylic acids is 1. The lowest BCUT2D eigenvalue weighted by Crippen LogP contribution is -2.35. The number of nitriles is 1. The second kappa shape index (κ2) is 5.97. The van der Waals surface area contributed by atoms with E-state index in [9.17, 15) is 9.18 Å². The molecule has 90 valence electrons. The third-order valence-corrected chi connectivity index (χ3v) is 2.29. The number of hydrogen-bond donors (Lipinski definition) is 2. The second-order valence-corrected chi connectivity index (χ2v) is 3.69. The predicted octanol–water partition coefficient (Wildman–Crippen LogP) is 1.76. The van der Waals surface area contributed by atoms with Gasteiger partial charge in [-0.3, -0.25) is 4.79 Å². The van der Waals surface area contributed by atoms with Crippen molar-refractivity contribution in [1.82, 2.24) is 0 Å². The molecule has 0 heterocycles. The SMILES string of the molecule is CCC[C@@H](N)C(=O)Nc1ccc(F)c(C#N)c1. The molecule has 0 fully saturated rings. The van der Waals surface area contributed by atoms with E-state index in [2.05, 4.69) is 5.32 Å². The van der Waals surface area contributed by atoms with E-state index in [0.717, 1.165) is 12.5 Å². The third-order valence-electron chi connectivity index (χ3n) is 2.29. The Bertz CT molecular complexity index is 454. The molecule has 1 atom stereocenters. The van der Waals surface area contributed by atoms with Gasteiger partial charge in [-0.2, -0.15) is 5.26 Å². The number of amides is 1. The highest BCUT2D eigenvalue weighted by atomic mass is 19.1. The fraction of sp³-hybridized carbons (Fsp3) is 0.333. The van der Waals surface area contributed by atoms with Crippen molar-refractivity contribution in [3.63, 3.8) is 0 Å². The van der Waals surface area contributed by atoms with Crippen molar-refractivity contribution in [2.45, 2.75) is 25.8 Å². The zero-order chi connectivity index (χ0) is 12.8. The Balaban J connectivity index is 2.76. The number of anilines is 1. The van der Waals surface area contributed by atoms with Crippen LogP contribution < -0.4 is 11.1 Å². The van der Waals surface area contributed by atoms with E-state index in [0.29, 0.717) is 12.1 Å². The smallest absolute Gasteiger partial charge is 0.241 e. The molecule has 0 radical (unpaired) electrons. The molecular formula is C12H14FN3O. The summed E-state index contributed by atoms with van der Waals surface area (Å²) in [5.74, 6) is -0.939. The predicted molar refractivity (Wildman–Crippen MR) is 62.6 cm³/mol. The molecule has 17 heavy (non-hydrogen) atoms. The van der Waals surface area contributed by atoms with Crippen molar-refractivity contribution in [1.29, 1.82) is 5.26 Å². The van der Waals surface area contributed by atoms with Crippen LogP contribution in [0.15, 0.2) is 18.2 Å². The van der Waals surface area contributed by atoms with Crippen LogP contribution in [-0.2, 0) is 4.79 Å². The molecule has 0 aromatic heterocycles. The van der Waals surface area contributed by atoms with Gasteiger partial charge in [0.1, 0.15) is 11.9 Å². The highest BCUT2D eigenvalue weighted by Crippen LogP contribution is 2.14. The van der Waals surface area contributed by atoms with E-state index >= 15 is 0 Å². The fourth-order valence-corrected chi connectivity index (χ4v) is 1.37. The van der Waals surface area contributed by atoms with E-state index in [-0.39, 0.29) is 11.5 Å². The van der Waals surface area contributed by atoms with Gasteiger partial charge in [0.15, 0.2) is 0 Å². The number of halogens is 1. The Morgan fingerprint density at radius 3 is 2.94 bits per heavy atom. The number of benzene rings is 1. The first-order chi connectivity index (χ1) is 8.08. The van der Waals surface area contributed by atoms with E-state index < -0.39 is 11.9 Å². The molecular weight excluding hydrogens is 221 g/mol. The van der Waals surface area contributed by atoms with E-state index in [1.165, 1.54) is 12.1 Å². The first kappa shape index (κ1) is 13.1. The average molecular weight is 235 g/mol. The van der Waals surface area contributed by atoms with Crippen molar-refractivity contribution >= 4 is 11.6 Å². The van der Waals surface area contributed by atoms with Crippen LogP contribution in [-0.4, -0.2) is 11.9 Å². The van der Waals surface area contributed by atoms with Gasteiger partial charge in [-0.05, 0) is 24.6 Å². The zero-order valence-electron chi connectivity index (χ0n) is 9.53. The summed E-state index contributed by atoms with van der Waals surface area (Å²) in [6.45, 7) is 1.93. The Morgan fingerprint density at radius 1 is 1.65 bits per heavy atom. The van der Waals surface area contributed by atoms with Crippen molar-refractivity contribution in [3.8, 4) is 6.07 Å². The van der Waals surface area contributed by atoms with Gasteiger partial charge in [-0.25, -0.2) is 4.39 Å². The Hall–Kier alpha value is -1.93. The fourth-order valence-electron chi connectivity index (χ4n) is 1.37. The van der Waals surface area contributed by atoms with Crippen LogP contribution in [0.25, 0.3) is 0 Å². The van der Waals surface area contributed by atoms with Crippen LogP contribution in [0.1, 0.15) is 25.3 Å². The number of rotatable bonds is 4. The summed E-state index contributed by atoms with van der Waals surface area (Å²) in [6.07, 6.45) is 1.39. The first-order valence-electron chi connectivity index (χ1n) is 5.34. The van der Waals surface area contributed by atoms with Gasteiger partial charge in [-0.1, -0.05) is 13.3 Å². The summed E-state index contributed by atoms with van der Waals surface area (Å²) in [6, 6.07) is 4.94. The molecule has 1 aromatic rings. The molecule has 0 aliphatic carbocycles. The molecule has 1 amide bonds. The maximum atomic E-state index is 13.0. The molecule has 0 aliphatic heterocycles. The molecule has 0 spiro atoms. The van der Waals surface area contributed by atoms with Gasteiger partial charge < -0.3 is 11.1 Å². The monoisotopic (exact) mass is 235 g/mol. The minimum absolute atomic E-state index is 0.105. The van der Waals surface area contributed by atoms with E-state index in [4.69, 9.17) is 11.0 Å². The summed E-state index contributed by atoms with van der Waals surface area (Å²) in [4.78, 5) is 11.6. The van der Waals surface area contributed by atoms with Crippen LogP contribution >= 0.6 is 0 Å². The third kappa shape index (κ3) is 3.54. The zero-order valence-corrected chi connectivity index (χ0v) is 9.53. The largest absolute Gasteiger partial charge is 0.325 e. The lowest BCUT2D eigenvalue weighted by Gasteiger charge is -2.11. The topological polar surface area (TPSA) is 78.9 Å². The number of nitrogens with one attached hydrogen (secondary N) is 1. The molecule has 0 aliphatic rings. The highest BCUT2D eigenvalue weighted by molar-refractivity contribution is 5.94.